The van der Waals surface area contributed by atoms with Gasteiger partial charge in [-0.3, -0.25) is 9.59 Å². The number of carbonyl (C=O) groups is 2. The number of amides is 2. The van der Waals surface area contributed by atoms with E-state index in [-0.39, 0.29) is 24.0 Å². The van der Waals surface area contributed by atoms with Crippen molar-refractivity contribution in [2.24, 2.45) is 0 Å². The zero-order valence-corrected chi connectivity index (χ0v) is 16.4. The number of carbonyl (C=O) groups excluding carboxylic acids is 2. The highest BCUT2D eigenvalue weighted by Gasteiger charge is 2.36. The van der Waals surface area contributed by atoms with Gasteiger partial charge in [0.1, 0.15) is 6.17 Å². The highest BCUT2D eigenvalue weighted by atomic mass is 16.2. The number of nitrogens with one attached hydrogen (secondary N) is 1. The summed E-state index contributed by atoms with van der Waals surface area (Å²) in [7, 11) is 2.06. The first-order valence-corrected chi connectivity index (χ1v) is 10.6. The summed E-state index contributed by atoms with van der Waals surface area (Å²) in [5.41, 5.74) is 2.29. The average Bonchev–Trinajstić information content (AvgIpc) is 3.09. The molecule has 5 nitrogen and oxygen atoms in total. The molecule has 0 bridgehead atoms. The Morgan fingerprint density at radius 3 is 2.48 bits per heavy atom. The molecule has 0 aromatic heterocycles. The van der Waals surface area contributed by atoms with E-state index >= 15 is 0 Å². The molecular formula is C22H31N3O2. The van der Waals surface area contributed by atoms with Crippen molar-refractivity contribution in [2.75, 3.05) is 18.5 Å². The van der Waals surface area contributed by atoms with Crippen LogP contribution in [0.25, 0.3) is 0 Å². The standard InChI is InChI=1S/C22H31N3O2/c1-24-19-15-16(21(26)23-17-9-5-2-3-6-10-17)12-13-18(19)22(27)25-14-8-4-7-11-20(24)25/h12-13,15,17,20H,2-11,14H2,1H3,(H,23,26)/t20-/m0/s1. The lowest BCUT2D eigenvalue weighted by atomic mass is 10.0. The van der Waals surface area contributed by atoms with Gasteiger partial charge in [-0.2, -0.15) is 0 Å². The minimum Gasteiger partial charge on any atom is -0.354 e. The summed E-state index contributed by atoms with van der Waals surface area (Å²) < 4.78 is 0. The number of hydrogen-bond donors (Lipinski definition) is 1. The summed E-state index contributed by atoms with van der Waals surface area (Å²) in [6.45, 7) is 0.831. The van der Waals surface area contributed by atoms with Crippen molar-refractivity contribution in [3.05, 3.63) is 29.3 Å². The molecule has 27 heavy (non-hydrogen) atoms. The second-order valence-electron chi connectivity index (χ2n) is 8.33. The molecule has 2 amide bonds. The third-order valence-corrected chi connectivity index (χ3v) is 6.49. The van der Waals surface area contributed by atoms with Crippen molar-refractivity contribution in [1.29, 1.82) is 0 Å². The Balaban J connectivity index is 1.56. The van der Waals surface area contributed by atoms with Gasteiger partial charge in [0.15, 0.2) is 0 Å². The average molecular weight is 370 g/mol. The first kappa shape index (κ1) is 18.3. The molecular weight excluding hydrogens is 338 g/mol. The van der Waals surface area contributed by atoms with Gasteiger partial charge in [-0.25, -0.2) is 0 Å². The highest BCUT2D eigenvalue weighted by molar-refractivity contribution is 6.04. The van der Waals surface area contributed by atoms with Crippen LogP contribution in [0.2, 0.25) is 0 Å². The largest absolute Gasteiger partial charge is 0.354 e. The topological polar surface area (TPSA) is 52.7 Å². The molecule has 146 valence electrons. The van der Waals surface area contributed by atoms with Gasteiger partial charge in [0, 0.05) is 25.2 Å². The van der Waals surface area contributed by atoms with E-state index in [9.17, 15) is 9.59 Å². The number of anilines is 1. The van der Waals surface area contributed by atoms with Gasteiger partial charge in [-0.05, 0) is 50.3 Å². The van der Waals surface area contributed by atoms with Gasteiger partial charge in [0.05, 0.1) is 11.3 Å². The van der Waals surface area contributed by atoms with E-state index in [4.69, 9.17) is 0 Å². The van der Waals surface area contributed by atoms with Gasteiger partial charge >= 0.3 is 0 Å². The fourth-order valence-electron chi connectivity index (χ4n) is 4.88. The SMILES string of the molecule is CN1c2cc(C(=O)NC3CCCCCC3)ccc2C(=O)N2CCCCC[C@H]21. The van der Waals surface area contributed by atoms with E-state index in [0.29, 0.717) is 5.56 Å². The van der Waals surface area contributed by atoms with Crippen LogP contribution in [0.4, 0.5) is 5.69 Å². The van der Waals surface area contributed by atoms with Crippen molar-refractivity contribution < 1.29 is 9.59 Å². The molecule has 1 atom stereocenters. The van der Waals surface area contributed by atoms with Gasteiger partial charge in [-0.1, -0.05) is 32.1 Å². The van der Waals surface area contributed by atoms with Crippen LogP contribution < -0.4 is 10.2 Å². The Morgan fingerprint density at radius 2 is 1.70 bits per heavy atom. The van der Waals surface area contributed by atoms with Crippen molar-refractivity contribution in [3.63, 3.8) is 0 Å². The zero-order valence-electron chi connectivity index (χ0n) is 16.4. The third-order valence-electron chi connectivity index (χ3n) is 6.49. The fourth-order valence-corrected chi connectivity index (χ4v) is 4.88. The van der Waals surface area contributed by atoms with Gasteiger partial charge in [0.25, 0.3) is 11.8 Å². The first-order chi connectivity index (χ1) is 13.1. The number of fused-ring (bicyclic) bond motifs is 2. The number of hydrogen-bond acceptors (Lipinski definition) is 3. The molecule has 0 spiro atoms. The van der Waals surface area contributed by atoms with E-state index in [1.165, 1.54) is 32.1 Å². The molecule has 1 N–H and O–H groups in total. The van der Waals surface area contributed by atoms with Crippen molar-refractivity contribution in [3.8, 4) is 0 Å². The maximum absolute atomic E-state index is 13.0. The second kappa shape index (κ2) is 7.91. The molecule has 1 saturated heterocycles. The third kappa shape index (κ3) is 3.69. The maximum atomic E-state index is 13.0. The molecule has 1 aromatic carbocycles. The Kier molecular flexibility index (Phi) is 5.37. The molecule has 4 rings (SSSR count). The molecule has 2 aliphatic heterocycles. The molecule has 3 aliphatic rings. The molecule has 1 aliphatic carbocycles. The lowest BCUT2D eigenvalue weighted by molar-refractivity contribution is 0.0661. The number of benzene rings is 1. The summed E-state index contributed by atoms with van der Waals surface area (Å²) in [5.74, 6) is 0.111. The Morgan fingerprint density at radius 1 is 1.00 bits per heavy atom. The number of rotatable bonds is 2. The van der Waals surface area contributed by atoms with Crippen LogP contribution in [-0.2, 0) is 0 Å². The second-order valence-corrected chi connectivity index (χ2v) is 8.33. The van der Waals surface area contributed by atoms with Crippen LogP contribution in [0.15, 0.2) is 18.2 Å². The molecule has 0 unspecified atom stereocenters. The van der Waals surface area contributed by atoms with Crippen LogP contribution in [-0.4, -0.2) is 42.5 Å². The van der Waals surface area contributed by atoms with E-state index in [2.05, 4.69) is 17.3 Å². The monoisotopic (exact) mass is 369 g/mol. The van der Waals surface area contributed by atoms with Crippen LogP contribution in [0, 0.1) is 0 Å². The summed E-state index contributed by atoms with van der Waals surface area (Å²) in [6, 6.07) is 5.86. The fraction of sp³-hybridized carbons (Fsp3) is 0.636. The minimum atomic E-state index is -0.00570. The van der Waals surface area contributed by atoms with E-state index in [1.54, 1.807) is 0 Å². The van der Waals surface area contributed by atoms with Crippen LogP contribution in [0.3, 0.4) is 0 Å². The van der Waals surface area contributed by atoms with Crippen LogP contribution in [0.5, 0.6) is 0 Å². The minimum absolute atomic E-state index is 0.00570. The van der Waals surface area contributed by atoms with Crippen molar-refractivity contribution in [1.82, 2.24) is 10.2 Å². The smallest absolute Gasteiger partial charge is 0.257 e. The maximum Gasteiger partial charge on any atom is 0.257 e. The van der Waals surface area contributed by atoms with E-state index < -0.39 is 0 Å². The Hall–Kier alpha value is -2.04. The van der Waals surface area contributed by atoms with E-state index in [1.807, 2.05) is 23.1 Å². The van der Waals surface area contributed by atoms with Crippen LogP contribution in [0.1, 0.15) is 84.9 Å². The predicted molar refractivity (Wildman–Crippen MR) is 107 cm³/mol. The van der Waals surface area contributed by atoms with Crippen molar-refractivity contribution in [2.45, 2.75) is 76.4 Å². The lowest BCUT2D eigenvalue weighted by Gasteiger charge is -2.43. The predicted octanol–water partition coefficient (Wildman–Crippen LogP) is 3.93. The zero-order chi connectivity index (χ0) is 18.8. The first-order valence-electron chi connectivity index (χ1n) is 10.6. The molecule has 2 fully saturated rings. The summed E-state index contributed by atoms with van der Waals surface area (Å²) >= 11 is 0. The molecule has 5 heteroatoms. The number of nitrogens with zero attached hydrogens (tertiary/aromatic N) is 2. The quantitative estimate of drug-likeness (QED) is 0.804. The van der Waals surface area contributed by atoms with E-state index in [0.717, 1.165) is 49.9 Å². The summed E-state index contributed by atoms with van der Waals surface area (Å²) in [4.78, 5) is 30.0. The molecule has 0 radical (unpaired) electrons. The Bertz CT molecular complexity index is 710. The lowest BCUT2D eigenvalue weighted by Crippen LogP contribution is -2.53. The molecule has 2 heterocycles. The van der Waals surface area contributed by atoms with Gasteiger partial charge < -0.3 is 15.1 Å². The Labute approximate surface area is 162 Å². The van der Waals surface area contributed by atoms with Crippen LogP contribution >= 0.6 is 0 Å². The van der Waals surface area contributed by atoms with Gasteiger partial charge in [0.2, 0.25) is 0 Å². The normalized spacial score (nSPS) is 23.9. The summed E-state index contributed by atoms with van der Waals surface area (Å²) in [5, 5.41) is 3.22. The molecule has 1 aromatic rings. The molecule has 1 saturated carbocycles. The summed E-state index contributed by atoms with van der Waals surface area (Å²) in [6.07, 6.45) is 11.6. The highest BCUT2D eigenvalue weighted by Crippen LogP contribution is 2.34. The van der Waals surface area contributed by atoms with Gasteiger partial charge in [-0.15, -0.1) is 0 Å². The van der Waals surface area contributed by atoms with Crippen molar-refractivity contribution >= 4 is 17.5 Å².